The Bertz CT molecular complexity index is 367. The molecule has 1 saturated carbocycles. The molecule has 0 saturated heterocycles. The molecule has 88 valence electrons. The highest BCUT2D eigenvalue weighted by molar-refractivity contribution is 5.77. The third-order valence-corrected chi connectivity index (χ3v) is 3.05. The molecule has 0 heterocycles. The third kappa shape index (κ3) is 2.05. The predicted molar refractivity (Wildman–Crippen MR) is 57.8 cm³/mol. The first kappa shape index (κ1) is 11.0. The van der Waals surface area contributed by atoms with Crippen molar-refractivity contribution in [2.75, 3.05) is 6.61 Å². The molecule has 0 unspecified atom stereocenters. The minimum Gasteiger partial charge on any atom is -0.512 e. The van der Waals surface area contributed by atoms with Crippen LogP contribution in [-0.2, 0) is 9.53 Å². The highest BCUT2D eigenvalue weighted by Gasteiger charge is 2.47. The third-order valence-electron chi connectivity index (χ3n) is 3.05. The number of esters is 1. The average molecular weight is 224 g/mol. The van der Waals surface area contributed by atoms with Gasteiger partial charge >= 0.3 is 5.97 Å². The largest absolute Gasteiger partial charge is 0.512 e. The van der Waals surface area contributed by atoms with Crippen LogP contribution in [0.1, 0.15) is 26.2 Å². The van der Waals surface area contributed by atoms with Gasteiger partial charge in [0.25, 0.3) is 0 Å². The van der Waals surface area contributed by atoms with Gasteiger partial charge in [0.1, 0.15) is 0 Å². The van der Waals surface area contributed by atoms with Crippen molar-refractivity contribution < 1.29 is 19.7 Å². The summed E-state index contributed by atoms with van der Waals surface area (Å²) < 4.78 is 4.92. The van der Waals surface area contributed by atoms with E-state index in [1.54, 1.807) is 13.0 Å². The monoisotopic (exact) mass is 224 g/mol. The van der Waals surface area contributed by atoms with E-state index in [2.05, 4.69) is 0 Å². The molecule has 0 amide bonds. The van der Waals surface area contributed by atoms with Gasteiger partial charge in [0.15, 0.2) is 0 Å². The molecule has 2 N–H and O–H groups in total. The van der Waals surface area contributed by atoms with Gasteiger partial charge in [0.2, 0.25) is 0 Å². The van der Waals surface area contributed by atoms with Gasteiger partial charge in [-0.25, -0.2) is 0 Å². The Morgan fingerprint density at radius 3 is 2.94 bits per heavy atom. The molecule has 1 fully saturated rings. The first-order valence-corrected chi connectivity index (χ1v) is 5.61. The molecule has 0 bridgehead atoms. The quantitative estimate of drug-likeness (QED) is 0.721. The van der Waals surface area contributed by atoms with Crippen molar-refractivity contribution >= 4 is 5.97 Å². The van der Waals surface area contributed by atoms with Gasteiger partial charge in [-0.1, -0.05) is 0 Å². The van der Waals surface area contributed by atoms with Crippen LogP contribution in [0.15, 0.2) is 23.2 Å². The van der Waals surface area contributed by atoms with Gasteiger partial charge in [-0.05, 0) is 25.0 Å². The lowest BCUT2D eigenvalue weighted by Crippen LogP contribution is -2.09. The standard InChI is InChI=1S/C12H16O4/c1-2-16-12(15)10-6-8(10)9-5-7(13)3-4-11(9)14/h5,8,10,13-14H,2-4,6H2,1H3/t8-,10+/m1/s1. The van der Waals surface area contributed by atoms with Gasteiger partial charge in [-0.2, -0.15) is 0 Å². The number of carbonyl (C=O) groups is 1. The summed E-state index contributed by atoms with van der Waals surface area (Å²) in [6.07, 6.45) is 3.24. The summed E-state index contributed by atoms with van der Waals surface area (Å²) in [6.45, 7) is 2.16. The zero-order valence-corrected chi connectivity index (χ0v) is 9.27. The Hall–Kier alpha value is -1.45. The van der Waals surface area contributed by atoms with E-state index in [-0.39, 0.29) is 23.6 Å². The normalized spacial score (nSPS) is 28.7. The van der Waals surface area contributed by atoms with E-state index in [1.807, 2.05) is 0 Å². The lowest BCUT2D eigenvalue weighted by molar-refractivity contribution is -0.144. The van der Waals surface area contributed by atoms with E-state index >= 15 is 0 Å². The summed E-state index contributed by atoms with van der Waals surface area (Å²) in [7, 11) is 0. The molecule has 0 spiro atoms. The van der Waals surface area contributed by atoms with Gasteiger partial charge in [-0.3, -0.25) is 4.79 Å². The van der Waals surface area contributed by atoms with Crippen molar-refractivity contribution in [3.63, 3.8) is 0 Å². The molecule has 4 nitrogen and oxygen atoms in total. The van der Waals surface area contributed by atoms with E-state index in [4.69, 9.17) is 4.74 Å². The summed E-state index contributed by atoms with van der Waals surface area (Å²) in [6, 6.07) is 0. The van der Waals surface area contributed by atoms with Crippen molar-refractivity contribution in [2.24, 2.45) is 11.8 Å². The van der Waals surface area contributed by atoms with Crippen LogP contribution in [0.25, 0.3) is 0 Å². The average Bonchev–Trinajstić information content (AvgIpc) is 3.02. The lowest BCUT2D eigenvalue weighted by atomic mass is 9.99. The Morgan fingerprint density at radius 2 is 2.25 bits per heavy atom. The first-order chi connectivity index (χ1) is 7.63. The fourth-order valence-electron chi connectivity index (χ4n) is 2.10. The first-order valence-electron chi connectivity index (χ1n) is 5.61. The van der Waals surface area contributed by atoms with Crippen LogP contribution in [0.3, 0.4) is 0 Å². The molecular weight excluding hydrogens is 208 g/mol. The molecule has 2 aliphatic carbocycles. The summed E-state index contributed by atoms with van der Waals surface area (Å²) in [5, 5.41) is 19.1. The SMILES string of the molecule is CCOC(=O)[C@H]1C[C@@H]1C1=C(O)CCC(O)=C1. The molecule has 16 heavy (non-hydrogen) atoms. The van der Waals surface area contributed by atoms with E-state index in [0.29, 0.717) is 37.2 Å². The maximum absolute atomic E-state index is 11.4. The summed E-state index contributed by atoms with van der Waals surface area (Å²) in [4.78, 5) is 11.4. The summed E-state index contributed by atoms with van der Waals surface area (Å²) in [5.74, 6) is 0.268. The van der Waals surface area contributed by atoms with Crippen molar-refractivity contribution in [1.82, 2.24) is 0 Å². The van der Waals surface area contributed by atoms with Crippen molar-refractivity contribution in [2.45, 2.75) is 26.2 Å². The lowest BCUT2D eigenvalue weighted by Gasteiger charge is -2.13. The van der Waals surface area contributed by atoms with E-state index in [1.165, 1.54) is 0 Å². The zero-order valence-electron chi connectivity index (χ0n) is 9.27. The number of rotatable bonds is 3. The number of carbonyl (C=O) groups excluding carboxylic acids is 1. The van der Waals surface area contributed by atoms with Gasteiger partial charge in [0.05, 0.1) is 24.0 Å². The molecule has 0 aromatic heterocycles. The maximum Gasteiger partial charge on any atom is 0.309 e. The molecule has 0 aromatic rings. The summed E-state index contributed by atoms with van der Waals surface area (Å²) in [5.41, 5.74) is 0.710. The second-order valence-corrected chi connectivity index (χ2v) is 4.24. The minimum atomic E-state index is -0.203. The van der Waals surface area contributed by atoms with Crippen LogP contribution < -0.4 is 0 Å². The smallest absolute Gasteiger partial charge is 0.309 e. The van der Waals surface area contributed by atoms with E-state index in [0.717, 1.165) is 0 Å². The number of hydrogen-bond donors (Lipinski definition) is 2. The van der Waals surface area contributed by atoms with Gasteiger partial charge in [-0.15, -0.1) is 0 Å². The molecule has 0 radical (unpaired) electrons. The topological polar surface area (TPSA) is 66.8 Å². The van der Waals surface area contributed by atoms with Crippen molar-refractivity contribution in [3.05, 3.63) is 23.2 Å². The number of allylic oxidation sites excluding steroid dienone is 4. The second kappa shape index (κ2) is 4.20. The number of hydrogen-bond acceptors (Lipinski definition) is 4. The van der Waals surface area contributed by atoms with Crippen LogP contribution in [-0.4, -0.2) is 22.8 Å². The summed E-state index contributed by atoms with van der Waals surface area (Å²) >= 11 is 0. The van der Waals surface area contributed by atoms with Gasteiger partial charge < -0.3 is 14.9 Å². The molecular formula is C12H16O4. The molecule has 0 aliphatic heterocycles. The molecule has 0 aromatic carbocycles. The van der Waals surface area contributed by atoms with E-state index in [9.17, 15) is 15.0 Å². The van der Waals surface area contributed by atoms with Crippen LogP contribution in [0, 0.1) is 11.8 Å². The van der Waals surface area contributed by atoms with Crippen LogP contribution in [0.2, 0.25) is 0 Å². The Morgan fingerprint density at radius 1 is 1.50 bits per heavy atom. The van der Waals surface area contributed by atoms with Gasteiger partial charge in [0, 0.05) is 18.8 Å². The van der Waals surface area contributed by atoms with Crippen LogP contribution in [0.4, 0.5) is 0 Å². The number of ether oxygens (including phenoxy) is 1. The second-order valence-electron chi connectivity index (χ2n) is 4.24. The fraction of sp³-hybridized carbons (Fsp3) is 0.583. The molecule has 2 atom stereocenters. The van der Waals surface area contributed by atoms with Crippen LogP contribution in [0.5, 0.6) is 0 Å². The predicted octanol–water partition coefficient (Wildman–Crippen LogP) is 2.23. The number of aliphatic hydroxyl groups is 2. The Labute approximate surface area is 94.2 Å². The van der Waals surface area contributed by atoms with E-state index < -0.39 is 0 Å². The molecule has 2 aliphatic rings. The fourth-order valence-corrected chi connectivity index (χ4v) is 2.10. The van der Waals surface area contributed by atoms with Crippen molar-refractivity contribution in [3.8, 4) is 0 Å². The Kier molecular flexibility index (Phi) is 2.90. The van der Waals surface area contributed by atoms with Crippen molar-refractivity contribution in [1.29, 1.82) is 0 Å². The highest BCUT2D eigenvalue weighted by atomic mass is 16.5. The molecule has 2 rings (SSSR count). The maximum atomic E-state index is 11.4. The van der Waals surface area contributed by atoms with Crippen LogP contribution >= 0.6 is 0 Å². The molecule has 4 heteroatoms. The minimum absolute atomic E-state index is 0.0292. The zero-order chi connectivity index (χ0) is 11.7. The Balaban J connectivity index is 2.04. The highest BCUT2D eigenvalue weighted by Crippen LogP contribution is 2.47. The number of aliphatic hydroxyl groups excluding tert-OH is 2.